The number of nitrogens with zero attached hydrogens (tertiary/aromatic N) is 2. The number of halogens is 2. The second-order valence-corrected chi connectivity index (χ2v) is 7.01. The average Bonchev–Trinajstić information content (AvgIpc) is 2.67. The first-order chi connectivity index (χ1) is 11.8. The van der Waals surface area contributed by atoms with Gasteiger partial charge in [0.2, 0.25) is 0 Å². The van der Waals surface area contributed by atoms with E-state index in [0.29, 0.717) is 12.0 Å². The highest BCUT2D eigenvalue weighted by Gasteiger charge is 2.35. The van der Waals surface area contributed by atoms with Crippen molar-refractivity contribution in [2.24, 2.45) is 0 Å². The number of rotatable bonds is 3. The molecule has 2 aliphatic heterocycles. The molecule has 0 spiro atoms. The van der Waals surface area contributed by atoms with Gasteiger partial charge in [-0.1, -0.05) is 36.4 Å². The molecule has 0 saturated carbocycles. The van der Waals surface area contributed by atoms with Crippen molar-refractivity contribution in [3.8, 4) is 0 Å². The number of nitrogens with one attached hydrogen (secondary N) is 1. The van der Waals surface area contributed by atoms with Crippen molar-refractivity contribution < 1.29 is 0 Å². The van der Waals surface area contributed by atoms with Crippen LogP contribution >= 0.6 is 24.8 Å². The van der Waals surface area contributed by atoms with E-state index in [9.17, 15) is 0 Å². The highest BCUT2D eigenvalue weighted by molar-refractivity contribution is 5.85. The van der Waals surface area contributed by atoms with Crippen molar-refractivity contribution in [3.05, 3.63) is 65.2 Å². The van der Waals surface area contributed by atoms with Gasteiger partial charge in [-0.2, -0.15) is 0 Å². The third kappa shape index (κ3) is 3.86. The number of anilines is 1. The first kappa shape index (κ1) is 21.0. The maximum absolute atomic E-state index is 3.58. The lowest BCUT2D eigenvalue weighted by molar-refractivity contribution is 0.143. The van der Waals surface area contributed by atoms with Crippen LogP contribution in [0.1, 0.15) is 35.6 Å². The molecule has 1 fully saturated rings. The summed E-state index contributed by atoms with van der Waals surface area (Å²) >= 11 is 0. The van der Waals surface area contributed by atoms with E-state index in [4.69, 9.17) is 0 Å². The smallest absolute Gasteiger partial charge is 0.0476 e. The zero-order valence-corrected chi connectivity index (χ0v) is 17.2. The van der Waals surface area contributed by atoms with Crippen molar-refractivity contribution in [1.82, 2.24) is 10.2 Å². The first-order valence-corrected chi connectivity index (χ1v) is 9.12. The lowest BCUT2D eigenvalue weighted by Gasteiger charge is -2.44. The van der Waals surface area contributed by atoms with Crippen LogP contribution < -0.4 is 10.2 Å². The molecular weight excluding hydrogens is 365 g/mol. The SMILES string of the molecule is CCN(C)c1ccc2c(c1)C(c1ccccc1)CN1CCNCC21.Cl.Cl. The average molecular weight is 394 g/mol. The lowest BCUT2D eigenvalue weighted by Crippen LogP contribution is -2.50. The van der Waals surface area contributed by atoms with E-state index in [-0.39, 0.29) is 24.8 Å². The monoisotopic (exact) mass is 393 g/mol. The van der Waals surface area contributed by atoms with E-state index in [2.05, 4.69) is 77.6 Å². The van der Waals surface area contributed by atoms with Gasteiger partial charge in [-0.3, -0.25) is 4.90 Å². The molecule has 2 atom stereocenters. The van der Waals surface area contributed by atoms with Crippen molar-refractivity contribution in [1.29, 1.82) is 0 Å². The minimum Gasteiger partial charge on any atom is -0.375 e. The Bertz CT molecular complexity index is 708. The minimum absolute atomic E-state index is 0. The van der Waals surface area contributed by atoms with Crippen LogP contribution in [0.4, 0.5) is 5.69 Å². The van der Waals surface area contributed by atoms with Crippen LogP contribution in [0.2, 0.25) is 0 Å². The van der Waals surface area contributed by atoms with Gasteiger partial charge in [0.15, 0.2) is 0 Å². The highest BCUT2D eigenvalue weighted by Crippen LogP contribution is 2.41. The molecule has 2 unspecified atom stereocenters. The van der Waals surface area contributed by atoms with Gasteiger partial charge in [0.1, 0.15) is 0 Å². The summed E-state index contributed by atoms with van der Waals surface area (Å²) in [5.41, 5.74) is 5.79. The molecule has 2 heterocycles. The maximum atomic E-state index is 3.58. The number of hydrogen-bond acceptors (Lipinski definition) is 3. The maximum Gasteiger partial charge on any atom is 0.0476 e. The van der Waals surface area contributed by atoms with E-state index in [1.54, 1.807) is 0 Å². The van der Waals surface area contributed by atoms with Crippen LogP contribution in [0.3, 0.4) is 0 Å². The molecule has 0 aromatic heterocycles. The molecule has 0 bridgehead atoms. The van der Waals surface area contributed by atoms with Gasteiger partial charge < -0.3 is 10.2 Å². The zero-order chi connectivity index (χ0) is 16.5. The summed E-state index contributed by atoms with van der Waals surface area (Å²) in [5, 5.41) is 3.58. The fraction of sp³-hybridized carbons (Fsp3) is 0.429. The van der Waals surface area contributed by atoms with Gasteiger partial charge in [0, 0.05) is 57.4 Å². The summed E-state index contributed by atoms with van der Waals surface area (Å²) in [7, 11) is 2.18. The van der Waals surface area contributed by atoms with Gasteiger partial charge in [-0.15, -0.1) is 24.8 Å². The van der Waals surface area contributed by atoms with Gasteiger partial charge in [0.05, 0.1) is 0 Å². The summed E-state index contributed by atoms with van der Waals surface area (Å²) in [6.07, 6.45) is 0. The lowest BCUT2D eigenvalue weighted by atomic mass is 9.80. The summed E-state index contributed by atoms with van der Waals surface area (Å²) in [5.74, 6) is 0.473. The van der Waals surface area contributed by atoms with E-state index in [1.807, 2.05) is 0 Å². The molecule has 3 nitrogen and oxygen atoms in total. The molecule has 2 aliphatic rings. The number of hydrogen-bond donors (Lipinski definition) is 1. The Morgan fingerprint density at radius 2 is 1.85 bits per heavy atom. The van der Waals surface area contributed by atoms with E-state index in [1.165, 1.54) is 22.4 Å². The van der Waals surface area contributed by atoms with Gasteiger partial charge in [0.25, 0.3) is 0 Å². The van der Waals surface area contributed by atoms with E-state index < -0.39 is 0 Å². The van der Waals surface area contributed by atoms with Crippen molar-refractivity contribution in [2.75, 3.05) is 44.7 Å². The molecule has 0 radical (unpaired) electrons. The Balaban J connectivity index is 0.00000121. The van der Waals surface area contributed by atoms with Crippen LogP contribution in [0.25, 0.3) is 0 Å². The Morgan fingerprint density at radius 1 is 1.08 bits per heavy atom. The van der Waals surface area contributed by atoms with Crippen LogP contribution in [-0.4, -0.2) is 44.7 Å². The third-order valence-electron chi connectivity index (χ3n) is 5.69. The van der Waals surface area contributed by atoms with Gasteiger partial charge >= 0.3 is 0 Å². The van der Waals surface area contributed by atoms with Gasteiger partial charge in [-0.05, 0) is 35.7 Å². The van der Waals surface area contributed by atoms with Crippen molar-refractivity contribution in [2.45, 2.75) is 18.9 Å². The molecular formula is C21H29Cl2N3. The molecule has 4 rings (SSSR count). The van der Waals surface area contributed by atoms with E-state index >= 15 is 0 Å². The molecule has 1 N–H and O–H groups in total. The summed E-state index contributed by atoms with van der Waals surface area (Å²) in [4.78, 5) is 4.99. The van der Waals surface area contributed by atoms with Gasteiger partial charge in [-0.25, -0.2) is 0 Å². The highest BCUT2D eigenvalue weighted by atomic mass is 35.5. The zero-order valence-electron chi connectivity index (χ0n) is 15.5. The first-order valence-electron chi connectivity index (χ1n) is 9.12. The van der Waals surface area contributed by atoms with E-state index in [0.717, 1.165) is 32.7 Å². The second kappa shape index (κ2) is 9.09. The number of piperazine rings is 1. The molecule has 2 aromatic rings. The molecule has 26 heavy (non-hydrogen) atoms. The Hall–Kier alpha value is -1.26. The fourth-order valence-electron chi connectivity index (χ4n) is 4.16. The minimum atomic E-state index is 0. The van der Waals surface area contributed by atoms with Crippen LogP contribution in [-0.2, 0) is 0 Å². The quantitative estimate of drug-likeness (QED) is 0.847. The second-order valence-electron chi connectivity index (χ2n) is 7.01. The van der Waals surface area contributed by atoms with Crippen molar-refractivity contribution in [3.63, 3.8) is 0 Å². The molecule has 0 aliphatic carbocycles. The summed E-state index contributed by atoms with van der Waals surface area (Å²) in [6.45, 7) is 7.68. The third-order valence-corrected chi connectivity index (χ3v) is 5.69. The van der Waals surface area contributed by atoms with Crippen LogP contribution in [0.15, 0.2) is 48.5 Å². The fourth-order valence-corrected chi connectivity index (χ4v) is 4.16. The molecule has 142 valence electrons. The summed E-state index contributed by atoms with van der Waals surface area (Å²) < 4.78 is 0. The predicted molar refractivity (Wildman–Crippen MR) is 115 cm³/mol. The largest absolute Gasteiger partial charge is 0.375 e. The number of fused-ring (bicyclic) bond motifs is 3. The Labute approximate surface area is 169 Å². The normalized spacial score (nSPS) is 21.6. The topological polar surface area (TPSA) is 18.5 Å². The van der Waals surface area contributed by atoms with Crippen LogP contribution in [0.5, 0.6) is 0 Å². The predicted octanol–water partition coefficient (Wildman–Crippen LogP) is 4.08. The molecule has 1 saturated heterocycles. The molecule has 5 heteroatoms. The molecule has 0 amide bonds. The van der Waals surface area contributed by atoms with Crippen molar-refractivity contribution >= 4 is 30.5 Å². The summed E-state index contributed by atoms with van der Waals surface area (Å²) in [6, 6.07) is 18.6. The standard InChI is InChI=1S/C21H27N3.2ClH/c1-3-23(2)17-9-10-18-19(13-17)20(16-7-5-4-6-8-16)15-24-12-11-22-14-21(18)24;;/h4-10,13,20-22H,3,11-12,14-15H2,1-2H3;2*1H. The number of benzene rings is 2. The Morgan fingerprint density at radius 3 is 2.58 bits per heavy atom. The Kier molecular flexibility index (Phi) is 7.36. The van der Waals surface area contributed by atoms with Crippen LogP contribution in [0, 0.1) is 0 Å². The molecule has 2 aromatic carbocycles.